The lowest BCUT2D eigenvalue weighted by Crippen LogP contribution is -2.15. The fourth-order valence-electron chi connectivity index (χ4n) is 2.61. The third-order valence-electron chi connectivity index (χ3n) is 3.84. The van der Waals surface area contributed by atoms with Gasteiger partial charge in [0, 0.05) is 5.75 Å². The summed E-state index contributed by atoms with van der Waals surface area (Å²) < 4.78 is 42.0. The van der Waals surface area contributed by atoms with E-state index >= 15 is 0 Å². The number of thioether (sulfide) groups is 2. The predicted molar refractivity (Wildman–Crippen MR) is 108 cm³/mol. The van der Waals surface area contributed by atoms with Gasteiger partial charge in [-0.25, -0.2) is 0 Å². The number of nitrogens with two attached hydrogens (primary N) is 1. The van der Waals surface area contributed by atoms with E-state index in [1.54, 1.807) is 0 Å². The monoisotopic (exact) mass is 438 g/mol. The van der Waals surface area contributed by atoms with Crippen LogP contribution in [-0.4, -0.2) is 26.4 Å². The summed E-state index contributed by atoms with van der Waals surface area (Å²) in [4.78, 5) is 11.1. The second kappa shape index (κ2) is 9.36. The van der Waals surface area contributed by atoms with Crippen LogP contribution in [-0.2, 0) is 22.5 Å². The molecule has 0 bridgehead atoms. The van der Waals surface area contributed by atoms with Gasteiger partial charge in [0.15, 0.2) is 5.16 Å². The molecule has 0 radical (unpaired) electrons. The van der Waals surface area contributed by atoms with E-state index in [-0.39, 0.29) is 16.6 Å². The quantitative estimate of drug-likeness (QED) is 0.531. The Labute approximate surface area is 173 Å². The number of carbonyl (C=O) groups is 1. The summed E-state index contributed by atoms with van der Waals surface area (Å²) in [5.74, 6) is 0.704. The number of para-hydroxylation sites is 1. The van der Waals surface area contributed by atoms with Crippen LogP contribution in [0.25, 0.3) is 5.69 Å². The molecule has 1 heterocycles. The number of primary amides is 1. The van der Waals surface area contributed by atoms with Crippen molar-refractivity contribution >= 4 is 29.4 Å². The molecule has 3 aromatic rings. The van der Waals surface area contributed by atoms with Gasteiger partial charge in [0.25, 0.3) is 0 Å². The van der Waals surface area contributed by atoms with Crippen LogP contribution in [0.1, 0.15) is 17.0 Å². The van der Waals surface area contributed by atoms with E-state index < -0.39 is 17.6 Å². The molecule has 0 aliphatic carbocycles. The Balaban J connectivity index is 1.93. The van der Waals surface area contributed by atoms with Crippen LogP contribution in [0.5, 0.6) is 0 Å². The molecule has 0 fully saturated rings. The number of halogens is 3. The van der Waals surface area contributed by atoms with Gasteiger partial charge < -0.3 is 5.73 Å². The zero-order chi connectivity index (χ0) is 20.9. The van der Waals surface area contributed by atoms with Gasteiger partial charge in [-0.15, -0.1) is 22.0 Å². The van der Waals surface area contributed by atoms with Crippen LogP contribution in [0.4, 0.5) is 13.2 Å². The smallest absolute Gasteiger partial charge is 0.369 e. The van der Waals surface area contributed by atoms with Crippen molar-refractivity contribution in [3.63, 3.8) is 0 Å². The van der Waals surface area contributed by atoms with E-state index in [9.17, 15) is 18.0 Å². The lowest BCUT2D eigenvalue weighted by molar-refractivity contribution is -0.137. The number of alkyl halides is 3. The third-order valence-corrected chi connectivity index (χ3v) is 5.79. The minimum atomic E-state index is -4.54. The molecular weight excluding hydrogens is 421 g/mol. The number of aromatic nitrogens is 3. The highest BCUT2D eigenvalue weighted by Crippen LogP contribution is 2.36. The summed E-state index contributed by atoms with van der Waals surface area (Å²) in [6.07, 6.45) is -4.54. The molecule has 5 nitrogen and oxygen atoms in total. The van der Waals surface area contributed by atoms with Gasteiger partial charge in [-0.05, 0) is 17.7 Å². The second-order valence-electron chi connectivity index (χ2n) is 5.98. The SMILES string of the molecule is NC(=O)CSc1nnc(CSCc2ccccc2)n1-c1ccccc1C(F)(F)F. The normalized spacial score (nSPS) is 11.6. The summed E-state index contributed by atoms with van der Waals surface area (Å²) in [6.45, 7) is 0. The Kier molecular flexibility index (Phi) is 6.86. The standard InChI is InChI=1S/C19H17F3N4OS2/c20-19(21,22)14-8-4-5-9-15(14)26-17(24-25-18(26)29-11-16(23)27)12-28-10-13-6-2-1-3-7-13/h1-9H,10-12H2,(H2,23,27). The zero-order valence-corrected chi connectivity index (χ0v) is 16.7. The van der Waals surface area contributed by atoms with E-state index in [1.807, 2.05) is 30.3 Å². The number of hydrogen-bond acceptors (Lipinski definition) is 5. The molecule has 2 aromatic carbocycles. The predicted octanol–water partition coefficient (Wildman–Crippen LogP) is 4.30. The van der Waals surface area contributed by atoms with Gasteiger partial charge in [0.2, 0.25) is 5.91 Å². The molecule has 0 aliphatic rings. The number of hydrogen-bond donors (Lipinski definition) is 1. The van der Waals surface area contributed by atoms with Crippen LogP contribution in [0.3, 0.4) is 0 Å². The largest absolute Gasteiger partial charge is 0.418 e. The molecule has 0 atom stereocenters. The Bertz CT molecular complexity index is 977. The van der Waals surface area contributed by atoms with Crippen LogP contribution in [0.2, 0.25) is 0 Å². The van der Waals surface area contributed by atoms with Gasteiger partial charge in [-0.2, -0.15) is 13.2 Å². The molecule has 2 N–H and O–H groups in total. The van der Waals surface area contributed by atoms with Crippen LogP contribution in [0.15, 0.2) is 59.8 Å². The molecule has 0 unspecified atom stereocenters. The Morgan fingerprint density at radius 2 is 1.69 bits per heavy atom. The lowest BCUT2D eigenvalue weighted by Gasteiger charge is -2.16. The fraction of sp³-hybridized carbons (Fsp3) is 0.211. The molecule has 1 amide bonds. The first-order chi connectivity index (χ1) is 13.9. The van der Waals surface area contributed by atoms with Crippen molar-refractivity contribution in [2.24, 2.45) is 5.73 Å². The minimum Gasteiger partial charge on any atom is -0.369 e. The maximum absolute atomic E-state index is 13.6. The number of amides is 1. The molecule has 3 rings (SSSR count). The van der Waals surface area contributed by atoms with Crippen molar-refractivity contribution in [3.8, 4) is 5.69 Å². The van der Waals surface area contributed by atoms with Crippen LogP contribution >= 0.6 is 23.5 Å². The van der Waals surface area contributed by atoms with Gasteiger partial charge in [-0.3, -0.25) is 9.36 Å². The fourth-order valence-corrected chi connectivity index (χ4v) is 4.21. The summed E-state index contributed by atoms with van der Waals surface area (Å²) in [6, 6.07) is 15.0. The molecule has 29 heavy (non-hydrogen) atoms. The molecule has 0 aliphatic heterocycles. The van der Waals surface area contributed by atoms with Crippen molar-refractivity contribution in [3.05, 3.63) is 71.5 Å². The van der Waals surface area contributed by atoms with Crippen molar-refractivity contribution in [1.82, 2.24) is 14.8 Å². The lowest BCUT2D eigenvalue weighted by atomic mass is 10.1. The molecule has 0 saturated carbocycles. The topological polar surface area (TPSA) is 73.8 Å². The number of benzene rings is 2. The van der Waals surface area contributed by atoms with Gasteiger partial charge in [-0.1, -0.05) is 54.2 Å². The number of rotatable bonds is 8. The average Bonchev–Trinajstić information content (AvgIpc) is 3.09. The van der Waals surface area contributed by atoms with E-state index in [0.29, 0.717) is 17.3 Å². The first kappa shape index (κ1) is 21.3. The van der Waals surface area contributed by atoms with E-state index in [4.69, 9.17) is 5.73 Å². The number of carbonyl (C=O) groups excluding carboxylic acids is 1. The van der Waals surface area contributed by atoms with Crippen molar-refractivity contribution in [1.29, 1.82) is 0 Å². The zero-order valence-electron chi connectivity index (χ0n) is 15.1. The molecule has 152 valence electrons. The minimum absolute atomic E-state index is 0.0766. The highest BCUT2D eigenvalue weighted by molar-refractivity contribution is 7.99. The van der Waals surface area contributed by atoms with E-state index in [2.05, 4.69) is 10.2 Å². The molecule has 1 aromatic heterocycles. The maximum atomic E-state index is 13.6. The highest BCUT2D eigenvalue weighted by Gasteiger charge is 2.35. The van der Waals surface area contributed by atoms with Crippen molar-refractivity contribution < 1.29 is 18.0 Å². The molecule has 0 saturated heterocycles. The van der Waals surface area contributed by atoms with E-state index in [1.165, 1.54) is 34.5 Å². The van der Waals surface area contributed by atoms with Crippen LogP contribution in [0, 0.1) is 0 Å². The Morgan fingerprint density at radius 1 is 1.00 bits per heavy atom. The first-order valence-corrected chi connectivity index (χ1v) is 10.6. The number of nitrogens with zero attached hydrogens (tertiary/aromatic N) is 3. The first-order valence-electron chi connectivity index (χ1n) is 8.50. The van der Waals surface area contributed by atoms with Gasteiger partial charge >= 0.3 is 6.18 Å². The molecule has 0 spiro atoms. The van der Waals surface area contributed by atoms with Gasteiger partial charge in [0.05, 0.1) is 22.8 Å². The average molecular weight is 439 g/mol. The summed E-state index contributed by atoms with van der Waals surface area (Å²) in [7, 11) is 0. The van der Waals surface area contributed by atoms with Crippen LogP contribution < -0.4 is 5.73 Å². The van der Waals surface area contributed by atoms with Crippen molar-refractivity contribution in [2.75, 3.05) is 5.75 Å². The second-order valence-corrected chi connectivity index (χ2v) is 7.91. The van der Waals surface area contributed by atoms with E-state index in [0.717, 1.165) is 23.4 Å². The molecule has 10 heteroatoms. The maximum Gasteiger partial charge on any atom is 0.418 e. The highest BCUT2D eigenvalue weighted by atomic mass is 32.2. The van der Waals surface area contributed by atoms with Gasteiger partial charge in [0.1, 0.15) is 5.82 Å². The summed E-state index contributed by atoms with van der Waals surface area (Å²) in [5.41, 5.74) is 5.41. The van der Waals surface area contributed by atoms with Crippen molar-refractivity contribution in [2.45, 2.75) is 22.8 Å². The summed E-state index contributed by atoms with van der Waals surface area (Å²) >= 11 is 2.47. The Morgan fingerprint density at radius 3 is 2.38 bits per heavy atom. The summed E-state index contributed by atoms with van der Waals surface area (Å²) in [5, 5.41) is 8.27. The Hall–Kier alpha value is -2.46. The third kappa shape index (κ3) is 5.54. The molecular formula is C19H17F3N4OS2.